The summed E-state index contributed by atoms with van der Waals surface area (Å²) in [6.07, 6.45) is 15.9. The van der Waals surface area contributed by atoms with Gasteiger partial charge in [0.05, 0.1) is 0 Å². The topological polar surface area (TPSA) is 127 Å². The Morgan fingerprint density at radius 3 is 2.00 bits per heavy atom. The average molecular weight is 871 g/mol. The van der Waals surface area contributed by atoms with Crippen LogP contribution in [0.25, 0.3) is 0 Å². The molecular formula is C56H70O8. The number of hydrogen-bond donors (Lipinski definition) is 2. The van der Waals surface area contributed by atoms with Crippen LogP contribution in [0.5, 0.6) is 11.5 Å². The number of benzene rings is 1. The number of carbonyl (C=O) groups excluding carboxylic acids is 4. The molecule has 342 valence electrons. The largest absolute Gasteiger partial charge is 0.471 e. The fourth-order valence-electron chi connectivity index (χ4n) is 17.9. The number of hydrogen-bond acceptors (Lipinski definition) is 8. The van der Waals surface area contributed by atoms with Crippen LogP contribution >= 0.6 is 0 Å². The first-order valence-electron chi connectivity index (χ1n) is 24.6. The van der Waals surface area contributed by atoms with Crippen molar-refractivity contribution >= 4 is 23.1 Å². The molecule has 1 aromatic rings. The van der Waals surface area contributed by atoms with Gasteiger partial charge in [-0.15, -0.1) is 0 Å². The molecule has 64 heavy (non-hydrogen) atoms. The lowest BCUT2D eigenvalue weighted by atomic mass is 9.34. The summed E-state index contributed by atoms with van der Waals surface area (Å²) >= 11 is 0. The van der Waals surface area contributed by atoms with E-state index < -0.39 is 39.5 Å². The van der Waals surface area contributed by atoms with Crippen molar-refractivity contribution in [1.82, 2.24) is 0 Å². The molecule has 0 saturated heterocycles. The predicted molar refractivity (Wildman–Crippen MR) is 244 cm³/mol. The van der Waals surface area contributed by atoms with Crippen LogP contribution < -0.4 is 9.47 Å². The maximum absolute atomic E-state index is 14.8. The van der Waals surface area contributed by atoms with Crippen molar-refractivity contribution in [1.29, 1.82) is 0 Å². The summed E-state index contributed by atoms with van der Waals surface area (Å²) in [7, 11) is 0. The number of Topliss-reactive ketones (excluding diaryl/α,β-unsaturated/α-hetero) is 2. The fourth-order valence-corrected chi connectivity index (χ4v) is 17.9. The number of fused-ring (bicyclic) bond motifs is 17. The molecule has 1 heterocycles. The van der Waals surface area contributed by atoms with E-state index in [2.05, 4.69) is 68.4 Å². The van der Waals surface area contributed by atoms with E-state index in [4.69, 9.17) is 9.47 Å². The zero-order valence-corrected chi connectivity index (χ0v) is 40.4. The molecule has 15 atom stereocenters. The van der Waals surface area contributed by atoms with Gasteiger partial charge in [-0.3, -0.25) is 19.2 Å². The van der Waals surface area contributed by atoms with Crippen molar-refractivity contribution in [3.8, 4) is 11.5 Å². The number of ether oxygens (including phenoxy) is 2. The van der Waals surface area contributed by atoms with Gasteiger partial charge >= 0.3 is 5.79 Å². The molecule has 0 amide bonds. The third-order valence-electron chi connectivity index (χ3n) is 22.6. The molecule has 0 aromatic heterocycles. The highest BCUT2D eigenvalue weighted by Crippen LogP contribution is 2.77. The van der Waals surface area contributed by atoms with E-state index in [1.54, 1.807) is 13.0 Å². The molecule has 8 heteroatoms. The first kappa shape index (κ1) is 43.0. The molecule has 1 aromatic carbocycles. The SMILES string of the molecule is Cc1c2c(cc3c1C(=O)C=C1C3(C)CCC3(C)C4CC(C)C(=O)CC4(C)CCC13C)OC1(O)C(=O)C=C3C(=CC=C4C3(C)CCC3(C)C5CC(C)C(=O)C(O)C5(C)CCC43C)C1(C)O2. The molecule has 9 aliphatic carbocycles. The smallest absolute Gasteiger partial charge is 0.317 e. The second kappa shape index (κ2) is 12.3. The first-order chi connectivity index (χ1) is 29.6. The van der Waals surface area contributed by atoms with Crippen LogP contribution in [0.15, 0.2) is 52.7 Å². The number of aliphatic hydroxyl groups is 2. The Balaban J connectivity index is 0.985. The first-order valence-corrected chi connectivity index (χ1v) is 24.6. The summed E-state index contributed by atoms with van der Waals surface area (Å²) in [6, 6.07) is 1.90. The van der Waals surface area contributed by atoms with Crippen molar-refractivity contribution in [2.24, 2.45) is 61.6 Å². The summed E-state index contributed by atoms with van der Waals surface area (Å²) in [5.74, 6) is -1.63. The van der Waals surface area contributed by atoms with Crippen molar-refractivity contribution in [2.75, 3.05) is 0 Å². The van der Waals surface area contributed by atoms with Gasteiger partial charge in [0.15, 0.2) is 23.1 Å². The second-order valence-corrected chi connectivity index (χ2v) is 25.3. The predicted octanol–water partition coefficient (Wildman–Crippen LogP) is 10.4. The molecule has 10 aliphatic rings. The molecule has 8 nitrogen and oxygen atoms in total. The van der Waals surface area contributed by atoms with Crippen LogP contribution in [0.3, 0.4) is 0 Å². The second-order valence-electron chi connectivity index (χ2n) is 25.3. The number of carbonyl (C=O) groups is 4. The van der Waals surface area contributed by atoms with Crippen LogP contribution in [-0.2, 0) is 19.8 Å². The minimum Gasteiger partial charge on any atom is -0.471 e. The highest BCUT2D eigenvalue weighted by Gasteiger charge is 2.72. The third kappa shape index (κ3) is 4.56. The molecule has 0 radical (unpaired) electrons. The lowest BCUT2D eigenvalue weighted by molar-refractivity contribution is -0.231. The van der Waals surface area contributed by atoms with Crippen molar-refractivity contribution < 1.29 is 38.9 Å². The summed E-state index contributed by atoms with van der Waals surface area (Å²) < 4.78 is 13.8. The normalized spacial score (nSPS) is 50.9. The summed E-state index contributed by atoms with van der Waals surface area (Å²) in [5, 5.41) is 24.3. The van der Waals surface area contributed by atoms with Gasteiger partial charge in [0.25, 0.3) is 0 Å². The van der Waals surface area contributed by atoms with Gasteiger partial charge < -0.3 is 19.7 Å². The molecule has 6 fully saturated rings. The van der Waals surface area contributed by atoms with Gasteiger partial charge in [-0.2, -0.15) is 0 Å². The Labute approximate surface area is 379 Å². The molecule has 1 aliphatic heterocycles. The van der Waals surface area contributed by atoms with Crippen molar-refractivity contribution in [3.05, 3.63) is 69.4 Å². The average Bonchev–Trinajstić information content (AvgIpc) is 3.23. The summed E-state index contributed by atoms with van der Waals surface area (Å²) in [6.45, 7) is 26.2. The zero-order valence-electron chi connectivity index (χ0n) is 40.4. The molecule has 6 saturated carbocycles. The van der Waals surface area contributed by atoms with Crippen LogP contribution in [0.2, 0.25) is 0 Å². The fraction of sp³-hybridized carbons (Fsp3) is 0.679. The lowest BCUT2D eigenvalue weighted by Gasteiger charge is -2.70. The molecule has 0 spiro atoms. The number of aliphatic hydroxyl groups excluding tert-OH is 1. The van der Waals surface area contributed by atoms with Crippen LogP contribution in [0.1, 0.15) is 168 Å². The van der Waals surface area contributed by atoms with Gasteiger partial charge in [0.1, 0.15) is 11.9 Å². The van der Waals surface area contributed by atoms with E-state index in [0.717, 1.165) is 80.9 Å². The summed E-state index contributed by atoms with van der Waals surface area (Å²) in [4.78, 5) is 55.9. The highest BCUT2D eigenvalue weighted by atomic mass is 16.7. The van der Waals surface area contributed by atoms with Crippen LogP contribution in [-0.4, -0.2) is 50.8 Å². The van der Waals surface area contributed by atoms with Gasteiger partial charge in [-0.05, 0) is 152 Å². The molecule has 2 N–H and O–H groups in total. The Morgan fingerprint density at radius 1 is 0.672 bits per heavy atom. The lowest BCUT2D eigenvalue weighted by Crippen LogP contribution is -2.70. The number of rotatable bonds is 0. The third-order valence-corrected chi connectivity index (χ3v) is 22.6. The van der Waals surface area contributed by atoms with E-state index in [0.29, 0.717) is 40.6 Å². The van der Waals surface area contributed by atoms with Gasteiger partial charge in [0, 0.05) is 51.2 Å². The minimum atomic E-state index is -2.36. The van der Waals surface area contributed by atoms with E-state index in [1.165, 1.54) is 5.57 Å². The van der Waals surface area contributed by atoms with Crippen LogP contribution in [0, 0.1) is 68.5 Å². The zero-order chi connectivity index (χ0) is 46.1. The van der Waals surface area contributed by atoms with E-state index in [9.17, 15) is 29.4 Å². The molecule has 15 unspecified atom stereocenters. The molecular weight excluding hydrogens is 801 g/mol. The van der Waals surface area contributed by atoms with Gasteiger partial charge in [0.2, 0.25) is 11.4 Å². The Morgan fingerprint density at radius 2 is 1.30 bits per heavy atom. The molecule has 0 bridgehead atoms. The van der Waals surface area contributed by atoms with Crippen molar-refractivity contribution in [3.63, 3.8) is 0 Å². The summed E-state index contributed by atoms with van der Waals surface area (Å²) in [5.41, 5.74) is 2.02. The maximum atomic E-state index is 14.8. The highest BCUT2D eigenvalue weighted by molar-refractivity contribution is 6.10. The Kier molecular flexibility index (Phi) is 8.25. The Bertz CT molecular complexity index is 2580. The standard InChI is InChI=1S/C56H70O8/c1-29-23-39-47(4,28-36(29)58)15-19-53(10)41-27-35(57)43-31(3)45-37(25-34(43)49(41,6)17-20-52(39,53)9)63-56(62)42(59)26-33-32(55(56,12)64-45)13-14-38-48(33,5)16-21-54(11)40-24-30(2)44(60)46(61)50(40,7)18-22-51(38,54)8/h13-14,25-27,29-30,39-40,46,61-62H,15-24,28H2,1-12H3. The van der Waals surface area contributed by atoms with Crippen molar-refractivity contribution in [2.45, 2.75) is 177 Å². The quantitative estimate of drug-likeness (QED) is 0.264. The number of allylic oxidation sites excluding steroid dienone is 5. The molecule has 11 rings (SSSR count). The number of ketones is 4. The van der Waals surface area contributed by atoms with Crippen LogP contribution in [0.4, 0.5) is 0 Å². The Hall–Kier alpha value is -3.62. The van der Waals surface area contributed by atoms with Gasteiger partial charge in [-0.25, -0.2) is 0 Å². The maximum Gasteiger partial charge on any atom is 0.317 e. The van der Waals surface area contributed by atoms with E-state index in [1.807, 2.05) is 32.1 Å². The van der Waals surface area contributed by atoms with Gasteiger partial charge in [-0.1, -0.05) is 87.0 Å². The monoisotopic (exact) mass is 871 g/mol. The van der Waals surface area contributed by atoms with E-state index in [-0.39, 0.29) is 62.1 Å². The minimum absolute atomic E-state index is 0.0355. The van der Waals surface area contributed by atoms with E-state index >= 15 is 0 Å².